The number of nitrogens with two attached hydrogens (primary N) is 1. The molecular formula is C7H14N4O3S. The van der Waals surface area contributed by atoms with Crippen molar-refractivity contribution in [2.75, 3.05) is 31.0 Å². The van der Waals surface area contributed by atoms with Crippen LogP contribution in [0.1, 0.15) is 0 Å². The van der Waals surface area contributed by atoms with E-state index < -0.39 is 9.84 Å². The molecule has 1 aromatic heterocycles. The second kappa shape index (κ2) is 5.08. The third-order valence-corrected chi connectivity index (χ3v) is 3.38. The van der Waals surface area contributed by atoms with E-state index in [1.54, 1.807) is 0 Å². The molecule has 0 spiro atoms. The van der Waals surface area contributed by atoms with E-state index in [4.69, 9.17) is 10.5 Å². The highest BCUT2D eigenvalue weighted by molar-refractivity contribution is 7.91. The first-order valence-corrected chi connectivity index (χ1v) is 6.20. The van der Waals surface area contributed by atoms with Crippen LogP contribution in [0.15, 0.2) is 6.20 Å². The van der Waals surface area contributed by atoms with Gasteiger partial charge < -0.3 is 10.5 Å². The molecule has 1 heterocycles. The fourth-order valence-corrected chi connectivity index (χ4v) is 2.06. The number of ether oxygens (including phenoxy) is 1. The van der Waals surface area contributed by atoms with Crippen molar-refractivity contribution < 1.29 is 13.2 Å². The number of hydrogen-bond acceptors (Lipinski definition) is 6. The van der Waals surface area contributed by atoms with Crippen LogP contribution in [0, 0.1) is 0 Å². The van der Waals surface area contributed by atoms with Crippen molar-refractivity contribution in [1.82, 2.24) is 15.0 Å². The molecule has 15 heavy (non-hydrogen) atoms. The predicted molar refractivity (Wildman–Crippen MR) is 55.0 cm³/mol. The van der Waals surface area contributed by atoms with Crippen molar-refractivity contribution in [1.29, 1.82) is 0 Å². The topological polar surface area (TPSA) is 100 Å². The Labute approximate surface area is 88.1 Å². The van der Waals surface area contributed by atoms with E-state index in [9.17, 15) is 8.42 Å². The minimum absolute atomic E-state index is 0.0131. The molecule has 2 N–H and O–H groups in total. The molecule has 0 aliphatic carbocycles. The summed E-state index contributed by atoms with van der Waals surface area (Å²) >= 11 is 0. The number of anilines is 1. The summed E-state index contributed by atoms with van der Waals surface area (Å²) in [6, 6.07) is 0. The zero-order valence-electron chi connectivity index (χ0n) is 8.46. The molecule has 1 aromatic rings. The van der Waals surface area contributed by atoms with Crippen molar-refractivity contribution in [3.63, 3.8) is 0 Å². The van der Waals surface area contributed by atoms with Crippen LogP contribution in [-0.4, -0.2) is 48.6 Å². The molecule has 0 atom stereocenters. The lowest BCUT2D eigenvalue weighted by Gasteiger charge is -2.02. The van der Waals surface area contributed by atoms with Crippen LogP contribution in [0.3, 0.4) is 0 Å². The summed E-state index contributed by atoms with van der Waals surface area (Å²) in [5.74, 6) is 0.316. The van der Waals surface area contributed by atoms with E-state index in [0.29, 0.717) is 0 Å². The SMILES string of the molecule is COCCS(=O)(=O)CCn1cc(N)nn1. The van der Waals surface area contributed by atoms with Crippen molar-refractivity contribution >= 4 is 15.7 Å². The highest BCUT2D eigenvalue weighted by Crippen LogP contribution is 1.96. The van der Waals surface area contributed by atoms with Gasteiger partial charge in [-0.2, -0.15) is 0 Å². The Morgan fingerprint density at radius 2 is 2.27 bits per heavy atom. The normalized spacial score (nSPS) is 11.8. The average Bonchev–Trinajstić information content (AvgIpc) is 2.59. The summed E-state index contributed by atoms with van der Waals surface area (Å²) in [6.07, 6.45) is 1.49. The van der Waals surface area contributed by atoms with E-state index >= 15 is 0 Å². The summed E-state index contributed by atoms with van der Waals surface area (Å²) in [7, 11) is -1.62. The fourth-order valence-electron chi connectivity index (χ4n) is 0.968. The lowest BCUT2D eigenvalue weighted by molar-refractivity contribution is 0.217. The van der Waals surface area contributed by atoms with Gasteiger partial charge in [0, 0.05) is 7.11 Å². The van der Waals surface area contributed by atoms with Crippen LogP contribution in [0.4, 0.5) is 5.82 Å². The average molecular weight is 234 g/mol. The van der Waals surface area contributed by atoms with Gasteiger partial charge in [-0.3, -0.25) is 0 Å². The minimum atomic E-state index is -3.09. The summed E-state index contributed by atoms with van der Waals surface area (Å²) in [6.45, 7) is 0.470. The number of hydrogen-bond donors (Lipinski definition) is 1. The molecule has 7 nitrogen and oxygen atoms in total. The number of sulfone groups is 1. The first-order valence-electron chi connectivity index (χ1n) is 4.38. The predicted octanol–water partition coefficient (Wildman–Crippen LogP) is -1.08. The van der Waals surface area contributed by atoms with Crippen LogP contribution in [0.25, 0.3) is 0 Å². The summed E-state index contributed by atoms with van der Waals surface area (Å²) in [5.41, 5.74) is 5.33. The Kier molecular flexibility index (Phi) is 4.04. The van der Waals surface area contributed by atoms with Crippen molar-refractivity contribution in [3.8, 4) is 0 Å². The standard InChI is InChI=1S/C7H14N4O3S/c1-14-3-5-15(12,13)4-2-11-6-7(8)9-10-11/h6H,2-5,8H2,1H3. The molecule has 0 aromatic carbocycles. The molecule has 8 heteroatoms. The summed E-state index contributed by atoms with van der Waals surface area (Å²) < 4.78 is 28.9. The van der Waals surface area contributed by atoms with Gasteiger partial charge in [0.2, 0.25) is 0 Å². The fraction of sp³-hybridized carbons (Fsp3) is 0.714. The van der Waals surface area contributed by atoms with Gasteiger partial charge >= 0.3 is 0 Å². The number of rotatable bonds is 6. The van der Waals surface area contributed by atoms with E-state index in [1.165, 1.54) is 18.0 Å². The van der Waals surface area contributed by atoms with E-state index in [-0.39, 0.29) is 30.5 Å². The molecular weight excluding hydrogens is 220 g/mol. The van der Waals surface area contributed by atoms with Gasteiger partial charge in [-0.1, -0.05) is 5.21 Å². The molecule has 0 fully saturated rings. The Morgan fingerprint density at radius 3 is 2.80 bits per heavy atom. The van der Waals surface area contributed by atoms with Gasteiger partial charge in [0.05, 0.1) is 30.9 Å². The minimum Gasteiger partial charge on any atom is -0.384 e. The van der Waals surface area contributed by atoms with E-state index in [1.807, 2.05) is 0 Å². The largest absolute Gasteiger partial charge is 0.384 e. The molecule has 86 valence electrons. The Hall–Kier alpha value is -1.15. The number of aryl methyl sites for hydroxylation is 1. The first kappa shape index (κ1) is 11.9. The first-order chi connectivity index (χ1) is 7.03. The number of aromatic nitrogens is 3. The van der Waals surface area contributed by atoms with Gasteiger partial charge in [0.15, 0.2) is 15.7 Å². The number of methoxy groups -OCH3 is 1. The maximum atomic E-state index is 11.4. The van der Waals surface area contributed by atoms with Crippen molar-refractivity contribution in [2.24, 2.45) is 0 Å². The van der Waals surface area contributed by atoms with Gasteiger partial charge in [-0.25, -0.2) is 13.1 Å². The molecule has 0 saturated carbocycles. The smallest absolute Gasteiger partial charge is 0.165 e. The Bertz CT molecular complexity index is 400. The van der Waals surface area contributed by atoms with E-state index in [0.717, 1.165) is 0 Å². The zero-order chi connectivity index (χ0) is 11.3. The molecule has 1 rings (SSSR count). The molecule has 0 aliphatic heterocycles. The highest BCUT2D eigenvalue weighted by Gasteiger charge is 2.10. The van der Waals surface area contributed by atoms with E-state index in [2.05, 4.69) is 10.3 Å². The molecule has 0 radical (unpaired) electrons. The second-order valence-electron chi connectivity index (χ2n) is 3.05. The quantitative estimate of drug-likeness (QED) is 0.672. The molecule has 0 bridgehead atoms. The highest BCUT2D eigenvalue weighted by atomic mass is 32.2. The van der Waals surface area contributed by atoms with Crippen LogP contribution in [0.2, 0.25) is 0 Å². The lowest BCUT2D eigenvalue weighted by Crippen LogP contribution is -2.19. The lowest BCUT2D eigenvalue weighted by atomic mass is 10.7. The van der Waals surface area contributed by atoms with Crippen LogP contribution < -0.4 is 5.73 Å². The summed E-state index contributed by atoms with van der Waals surface area (Å²) in [5, 5.41) is 7.20. The second-order valence-corrected chi connectivity index (χ2v) is 5.35. The monoisotopic (exact) mass is 234 g/mol. The number of nitrogen functional groups attached to an aromatic ring is 1. The Balaban J connectivity index is 2.42. The molecule has 0 amide bonds. The van der Waals surface area contributed by atoms with Gasteiger partial charge in [0.25, 0.3) is 0 Å². The zero-order valence-corrected chi connectivity index (χ0v) is 9.27. The molecule has 0 unspecified atom stereocenters. The van der Waals surface area contributed by atoms with Crippen LogP contribution in [0.5, 0.6) is 0 Å². The van der Waals surface area contributed by atoms with Crippen LogP contribution in [-0.2, 0) is 21.1 Å². The molecule has 0 saturated heterocycles. The van der Waals surface area contributed by atoms with Gasteiger partial charge in [-0.05, 0) is 0 Å². The molecule has 0 aliphatic rings. The third kappa shape index (κ3) is 4.26. The maximum Gasteiger partial charge on any atom is 0.165 e. The van der Waals surface area contributed by atoms with Gasteiger partial charge in [-0.15, -0.1) is 5.10 Å². The van der Waals surface area contributed by atoms with Crippen molar-refractivity contribution in [2.45, 2.75) is 6.54 Å². The summed E-state index contributed by atoms with van der Waals surface area (Å²) in [4.78, 5) is 0. The third-order valence-electron chi connectivity index (χ3n) is 1.79. The number of nitrogens with zero attached hydrogens (tertiary/aromatic N) is 3. The van der Waals surface area contributed by atoms with Crippen molar-refractivity contribution in [3.05, 3.63) is 6.20 Å². The van der Waals surface area contributed by atoms with Crippen LogP contribution >= 0.6 is 0 Å². The Morgan fingerprint density at radius 1 is 1.53 bits per heavy atom. The maximum absolute atomic E-state index is 11.4. The van der Waals surface area contributed by atoms with Gasteiger partial charge in [0.1, 0.15) is 0 Å².